The molecule has 0 radical (unpaired) electrons. The van der Waals surface area contributed by atoms with Crippen molar-refractivity contribution in [2.75, 3.05) is 0 Å². The highest BCUT2D eigenvalue weighted by atomic mass is 79.9. The topological polar surface area (TPSA) is 75.7 Å². The van der Waals surface area contributed by atoms with E-state index in [1.54, 1.807) is 6.07 Å². The summed E-state index contributed by atoms with van der Waals surface area (Å²) in [6, 6.07) is 10.3. The molecule has 0 atom stereocenters. The highest BCUT2D eigenvalue weighted by Crippen LogP contribution is 2.32. The number of nitro benzene ring substituents is 1. The number of hydrogen-bond donors (Lipinski definition) is 1. The Morgan fingerprint density at radius 2 is 2.05 bits per heavy atom. The van der Waals surface area contributed by atoms with Crippen molar-refractivity contribution in [2.24, 2.45) is 4.99 Å². The van der Waals surface area contributed by atoms with Crippen LogP contribution in [0.15, 0.2) is 45.9 Å². The summed E-state index contributed by atoms with van der Waals surface area (Å²) in [5.74, 6) is -0.393. The first-order valence-corrected chi connectivity index (χ1v) is 6.55. The smallest absolute Gasteiger partial charge is 0.312 e. The molecule has 2 aromatic carbocycles. The predicted molar refractivity (Wildman–Crippen MR) is 80.9 cm³/mol. The molecule has 0 heterocycles. The zero-order valence-corrected chi connectivity index (χ0v) is 12.2. The molecule has 2 rings (SSSR count). The maximum atomic E-state index is 10.8. The Labute approximate surface area is 123 Å². The Morgan fingerprint density at radius 3 is 2.70 bits per heavy atom. The fourth-order valence-electron chi connectivity index (χ4n) is 1.69. The molecule has 0 saturated carbocycles. The molecule has 2 aromatic rings. The van der Waals surface area contributed by atoms with Crippen molar-refractivity contribution in [1.29, 1.82) is 0 Å². The first-order valence-electron chi connectivity index (χ1n) is 5.75. The standard InChI is InChI=1S/C14H11BrN2O3/c1-9-4-2-3-5-12(9)16-8-10-6-11(15)7-13(14(10)18)17(19)20/h2-8,18H,1H3. The van der Waals surface area contributed by atoms with Crippen LogP contribution in [0.5, 0.6) is 5.75 Å². The molecule has 0 saturated heterocycles. The predicted octanol–water partition coefficient (Wildman–Crippen LogP) is 4.12. The van der Waals surface area contributed by atoms with E-state index in [0.717, 1.165) is 11.3 Å². The second-order valence-corrected chi connectivity index (χ2v) is 5.08. The van der Waals surface area contributed by atoms with E-state index in [9.17, 15) is 15.2 Å². The number of phenolic OH excluding ortho intramolecular Hbond substituents is 1. The summed E-state index contributed by atoms with van der Waals surface area (Å²) in [7, 11) is 0. The summed E-state index contributed by atoms with van der Waals surface area (Å²) in [6.45, 7) is 1.91. The molecule has 0 bridgehead atoms. The lowest BCUT2D eigenvalue weighted by molar-refractivity contribution is -0.385. The van der Waals surface area contributed by atoms with Crippen molar-refractivity contribution in [3.63, 3.8) is 0 Å². The number of rotatable bonds is 3. The zero-order chi connectivity index (χ0) is 14.7. The van der Waals surface area contributed by atoms with Gasteiger partial charge in [0.25, 0.3) is 0 Å². The molecule has 6 heteroatoms. The monoisotopic (exact) mass is 334 g/mol. The first-order chi connectivity index (χ1) is 9.49. The average molecular weight is 335 g/mol. The number of nitro groups is 1. The van der Waals surface area contributed by atoms with Crippen LogP contribution in [0.1, 0.15) is 11.1 Å². The van der Waals surface area contributed by atoms with Crippen LogP contribution in [0.2, 0.25) is 0 Å². The van der Waals surface area contributed by atoms with Gasteiger partial charge in [-0.15, -0.1) is 0 Å². The molecule has 0 aliphatic rings. The summed E-state index contributed by atoms with van der Waals surface area (Å²) in [6.07, 6.45) is 1.41. The number of benzene rings is 2. The Kier molecular flexibility index (Phi) is 4.14. The number of aliphatic imine (C=N–C) groups is 1. The van der Waals surface area contributed by atoms with E-state index >= 15 is 0 Å². The van der Waals surface area contributed by atoms with Gasteiger partial charge in [-0.3, -0.25) is 15.1 Å². The number of para-hydroxylation sites is 1. The van der Waals surface area contributed by atoms with Crippen LogP contribution in [-0.2, 0) is 0 Å². The van der Waals surface area contributed by atoms with Gasteiger partial charge >= 0.3 is 5.69 Å². The molecule has 20 heavy (non-hydrogen) atoms. The van der Waals surface area contributed by atoms with Crippen LogP contribution in [0, 0.1) is 17.0 Å². The fourth-order valence-corrected chi connectivity index (χ4v) is 2.15. The SMILES string of the molecule is Cc1ccccc1N=Cc1cc(Br)cc([N+](=O)[O-])c1O. The molecule has 0 aliphatic carbocycles. The normalized spacial score (nSPS) is 10.9. The third-order valence-corrected chi connectivity index (χ3v) is 3.20. The largest absolute Gasteiger partial charge is 0.502 e. The van der Waals surface area contributed by atoms with E-state index in [-0.39, 0.29) is 11.3 Å². The second-order valence-electron chi connectivity index (χ2n) is 4.16. The van der Waals surface area contributed by atoms with E-state index in [4.69, 9.17) is 0 Å². The number of halogens is 1. The summed E-state index contributed by atoms with van der Waals surface area (Å²) in [5, 5.41) is 20.7. The molecule has 0 aromatic heterocycles. The minimum absolute atomic E-state index is 0.286. The van der Waals surface area contributed by atoms with Crippen LogP contribution in [0.25, 0.3) is 0 Å². The van der Waals surface area contributed by atoms with Gasteiger partial charge in [0.1, 0.15) is 0 Å². The van der Waals surface area contributed by atoms with Crippen molar-refractivity contribution >= 4 is 33.5 Å². The summed E-state index contributed by atoms with van der Waals surface area (Å²) in [4.78, 5) is 14.5. The van der Waals surface area contributed by atoms with E-state index < -0.39 is 10.7 Å². The first kappa shape index (κ1) is 14.2. The number of nitrogens with zero attached hydrogens (tertiary/aromatic N) is 2. The maximum absolute atomic E-state index is 10.8. The van der Waals surface area contributed by atoms with Crippen molar-refractivity contribution in [2.45, 2.75) is 6.92 Å². The summed E-state index contributed by atoms with van der Waals surface area (Å²) >= 11 is 3.18. The van der Waals surface area contributed by atoms with Crippen LogP contribution in [0.4, 0.5) is 11.4 Å². The lowest BCUT2D eigenvalue weighted by Gasteiger charge is -2.02. The third kappa shape index (κ3) is 3.03. The van der Waals surface area contributed by atoms with Gasteiger partial charge in [0.15, 0.2) is 0 Å². The van der Waals surface area contributed by atoms with E-state index in [0.29, 0.717) is 4.47 Å². The van der Waals surface area contributed by atoms with Crippen LogP contribution < -0.4 is 0 Å². The maximum Gasteiger partial charge on any atom is 0.312 e. The highest BCUT2D eigenvalue weighted by Gasteiger charge is 2.17. The molecule has 0 spiro atoms. The molecule has 0 fully saturated rings. The van der Waals surface area contributed by atoms with Gasteiger partial charge in [-0.05, 0) is 24.6 Å². The van der Waals surface area contributed by atoms with Crippen molar-refractivity contribution in [3.05, 3.63) is 62.1 Å². The quantitative estimate of drug-likeness (QED) is 0.521. The highest BCUT2D eigenvalue weighted by molar-refractivity contribution is 9.10. The fraction of sp³-hybridized carbons (Fsp3) is 0.0714. The molecule has 0 unspecified atom stereocenters. The van der Waals surface area contributed by atoms with Gasteiger partial charge in [0.05, 0.1) is 10.6 Å². The Bertz CT molecular complexity index is 699. The number of phenols is 1. The minimum Gasteiger partial charge on any atom is -0.502 e. The van der Waals surface area contributed by atoms with Gasteiger partial charge in [-0.2, -0.15) is 0 Å². The zero-order valence-electron chi connectivity index (χ0n) is 10.6. The van der Waals surface area contributed by atoms with E-state index in [1.807, 2.05) is 31.2 Å². The van der Waals surface area contributed by atoms with Gasteiger partial charge in [-0.1, -0.05) is 34.1 Å². The second kappa shape index (κ2) is 5.83. The van der Waals surface area contributed by atoms with Crippen LogP contribution in [0.3, 0.4) is 0 Å². The van der Waals surface area contributed by atoms with Crippen LogP contribution in [-0.4, -0.2) is 16.2 Å². The molecule has 5 nitrogen and oxygen atoms in total. The summed E-state index contributed by atoms with van der Waals surface area (Å²) < 4.78 is 0.508. The molecular formula is C14H11BrN2O3. The molecular weight excluding hydrogens is 324 g/mol. The number of aryl methyl sites for hydroxylation is 1. The van der Waals surface area contributed by atoms with Gasteiger partial charge in [0.2, 0.25) is 5.75 Å². The Morgan fingerprint density at radius 1 is 1.35 bits per heavy atom. The average Bonchev–Trinajstić information content (AvgIpc) is 2.40. The molecule has 0 amide bonds. The lowest BCUT2D eigenvalue weighted by Crippen LogP contribution is -1.92. The van der Waals surface area contributed by atoms with Crippen molar-refractivity contribution < 1.29 is 10.0 Å². The third-order valence-electron chi connectivity index (χ3n) is 2.74. The lowest BCUT2D eigenvalue weighted by atomic mass is 10.2. The van der Waals surface area contributed by atoms with Crippen LogP contribution >= 0.6 is 15.9 Å². The van der Waals surface area contributed by atoms with Gasteiger partial charge < -0.3 is 5.11 Å². The van der Waals surface area contributed by atoms with E-state index in [1.165, 1.54) is 12.3 Å². The van der Waals surface area contributed by atoms with Gasteiger partial charge in [0, 0.05) is 22.3 Å². The Hall–Kier alpha value is -2.21. The van der Waals surface area contributed by atoms with Crippen molar-refractivity contribution in [3.8, 4) is 5.75 Å². The number of aromatic hydroxyl groups is 1. The molecule has 1 N–H and O–H groups in total. The van der Waals surface area contributed by atoms with E-state index in [2.05, 4.69) is 20.9 Å². The van der Waals surface area contributed by atoms with Crippen molar-refractivity contribution in [1.82, 2.24) is 0 Å². The molecule has 102 valence electrons. The summed E-state index contributed by atoms with van der Waals surface area (Å²) in [5.41, 5.74) is 1.65. The molecule has 0 aliphatic heterocycles. The Balaban J connectivity index is 2.44. The van der Waals surface area contributed by atoms with Gasteiger partial charge in [-0.25, -0.2) is 0 Å². The number of hydrogen-bond acceptors (Lipinski definition) is 4. The minimum atomic E-state index is -0.634.